The van der Waals surface area contributed by atoms with Crippen LogP contribution in [0.2, 0.25) is 0 Å². The van der Waals surface area contributed by atoms with Crippen molar-refractivity contribution >= 4 is 28.6 Å². The maximum absolute atomic E-state index is 13.4. The Hall–Kier alpha value is -4.34. The van der Waals surface area contributed by atoms with E-state index in [1.165, 1.54) is 0 Å². The first-order valence-electron chi connectivity index (χ1n) is 11.2. The highest BCUT2D eigenvalue weighted by molar-refractivity contribution is 6.01. The van der Waals surface area contributed by atoms with Crippen LogP contribution < -0.4 is 20.1 Å². The van der Waals surface area contributed by atoms with Gasteiger partial charge in [-0.25, -0.2) is 4.98 Å². The van der Waals surface area contributed by atoms with Gasteiger partial charge in [0, 0.05) is 43.2 Å². The molecule has 0 unspecified atom stereocenters. The molecule has 0 aliphatic carbocycles. The van der Waals surface area contributed by atoms with E-state index in [1.807, 2.05) is 35.2 Å². The molecule has 35 heavy (non-hydrogen) atoms. The van der Waals surface area contributed by atoms with Gasteiger partial charge in [-0.1, -0.05) is 35.5 Å². The lowest BCUT2D eigenvalue weighted by atomic mass is 10.0. The van der Waals surface area contributed by atoms with Gasteiger partial charge >= 0.3 is 0 Å². The zero-order chi connectivity index (χ0) is 24.5. The fraction of sp³-hybridized carbons (Fsp3) is 0.280. The summed E-state index contributed by atoms with van der Waals surface area (Å²) in [7, 11) is 3.14. The predicted molar refractivity (Wildman–Crippen MR) is 132 cm³/mol. The number of ether oxygens (including phenoxy) is 2. The van der Waals surface area contributed by atoms with E-state index in [-0.39, 0.29) is 5.91 Å². The van der Waals surface area contributed by atoms with Crippen molar-refractivity contribution in [1.82, 2.24) is 20.0 Å². The number of benzene rings is 2. The molecule has 0 bridgehead atoms. The third-order valence-corrected chi connectivity index (χ3v) is 6.19. The molecule has 2 aromatic heterocycles. The number of fused-ring (bicyclic) bond motifs is 1. The topological polar surface area (TPSA) is 120 Å². The molecule has 0 radical (unpaired) electrons. The molecule has 10 heteroatoms. The third-order valence-electron chi connectivity index (χ3n) is 6.19. The summed E-state index contributed by atoms with van der Waals surface area (Å²) in [5, 5.41) is 4.83. The molecular formula is C25H26N6O4. The SMILES string of the molecule is COc1cc2nc(N3CCN(C(=O)c4c(-c5ccccc5)noc4C)CC3)nc(N)c2cc1OC. The quantitative estimate of drug-likeness (QED) is 0.465. The number of rotatable bonds is 5. The molecule has 1 amide bonds. The van der Waals surface area contributed by atoms with E-state index in [0.717, 1.165) is 5.56 Å². The van der Waals surface area contributed by atoms with Gasteiger partial charge in [0.25, 0.3) is 5.91 Å². The van der Waals surface area contributed by atoms with Gasteiger partial charge in [-0.2, -0.15) is 4.98 Å². The van der Waals surface area contributed by atoms with E-state index in [9.17, 15) is 4.79 Å². The minimum atomic E-state index is -0.0990. The van der Waals surface area contributed by atoms with Crippen LogP contribution in [0, 0.1) is 6.92 Å². The number of nitrogen functional groups attached to an aromatic ring is 1. The molecule has 5 rings (SSSR count). The van der Waals surface area contributed by atoms with Gasteiger partial charge in [-0.05, 0) is 13.0 Å². The van der Waals surface area contributed by atoms with Gasteiger partial charge in [0.2, 0.25) is 5.95 Å². The first-order valence-corrected chi connectivity index (χ1v) is 11.2. The van der Waals surface area contributed by atoms with E-state index >= 15 is 0 Å². The molecule has 0 spiro atoms. The molecule has 0 atom stereocenters. The fourth-order valence-electron chi connectivity index (χ4n) is 4.29. The summed E-state index contributed by atoms with van der Waals surface area (Å²) in [5.41, 5.74) is 8.82. The van der Waals surface area contributed by atoms with Gasteiger partial charge in [-0.3, -0.25) is 4.79 Å². The first kappa shape index (κ1) is 22.5. The molecule has 1 saturated heterocycles. The number of aromatic nitrogens is 3. The number of methoxy groups -OCH3 is 2. The molecule has 180 valence electrons. The number of hydrogen-bond donors (Lipinski definition) is 1. The summed E-state index contributed by atoms with van der Waals surface area (Å²) in [6, 6.07) is 13.1. The van der Waals surface area contributed by atoms with Crippen molar-refractivity contribution in [2.75, 3.05) is 51.0 Å². The molecular weight excluding hydrogens is 448 g/mol. The Bertz CT molecular complexity index is 1380. The van der Waals surface area contributed by atoms with Crippen LogP contribution in [0.15, 0.2) is 47.0 Å². The lowest BCUT2D eigenvalue weighted by molar-refractivity contribution is 0.0745. The second-order valence-corrected chi connectivity index (χ2v) is 8.24. The van der Waals surface area contributed by atoms with Crippen molar-refractivity contribution in [2.45, 2.75) is 6.92 Å². The van der Waals surface area contributed by atoms with Crippen LogP contribution in [0.1, 0.15) is 16.1 Å². The molecule has 3 heterocycles. The van der Waals surface area contributed by atoms with Gasteiger partial charge in [-0.15, -0.1) is 0 Å². The number of anilines is 2. The summed E-state index contributed by atoms with van der Waals surface area (Å²) in [6.45, 7) is 3.90. The molecule has 1 aliphatic rings. The molecule has 1 aliphatic heterocycles. The second-order valence-electron chi connectivity index (χ2n) is 8.24. The van der Waals surface area contributed by atoms with Crippen molar-refractivity contribution < 1.29 is 18.8 Å². The number of amides is 1. The van der Waals surface area contributed by atoms with Crippen molar-refractivity contribution in [3.63, 3.8) is 0 Å². The van der Waals surface area contributed by atoms with Gasteiger partial charge in [0.1, 0.15) is 22.8 Å². The van der Waals surface area contributed by atoms with Crippen LogP contribution in [0.5, 0.6) is 11.5 Å². The van der Waals surface area contributed by atoms with E-state index in [2.05, 4.69) is 10.1 Å². The van der Waals surface area contributed by atoms with Crippen LogP contribution >= 0.6 is 0 Å². The fourth-order valence-corrected chi connectivity index (χ4v) is 4.29. The lowest BCUT2D eigenvalue weighted by Gasteiger charge is -2.34. The smallest absolute Gasteiger partial charge is 0.259 e. The summed E-state index contributed by atoms with van der Waals surface area (Å²) in [6.07, 6.45) is 0. The van der Waals surface area contributed by atoms with Crippen LogP contribution in [0.3, 0.4) is 0 Å². The molecule has 1 fully saturated rings. The van der Waals surface area contributed by atoms with Crippen molar-refractivity contribution in [3.8, 4) is 22.8 Å². The average Bonchev–Trinajstić information content (AvgIpc) is 3.29. The van der Waals surface area contributed by atoms with E-state index in [1.54, 1.807) is 38.2 Å². The largest absolute Gasteiger partial charge is 0.493 e. The van der Waals surface area contributed by atoms with Crippen LogP contribution in [-0.4, -0.2) is 66.3 Å². The third kappa shape index (κ3) is 4.07. The number of carbonyl (C=O) groups excluding carboxylic acids is 1. The van der Waals surface area contributed by atoms with Crippen LogP contribution in [0.4, 0.5) is 11.8 Å². The van der Waals surface area contributed by atoms with Gasteiger partial charge in [0.15, 0.2) is 11.5 Å². The maximum atomic E-state index is 13.4. The summed E-state index contributed by atoms with van der Waals surface area (Å²) >= 11 is 0. The number of piperazine rings is 1. The predicted octanol–water partition coefficient (Wildman–Crippen LogP) is 3.16. The van der Waals surface area contributed by atoms with E-state index in [4.69, 9.17) is 24.7 Å². The number of nitrogens with zero attached hydrogens (tertiary/aromatic N) is 5. The van der Waals surface area contributed by atoms with Crippen molar-refractivity contribution in [3.05, 3.63) is 53.8 Å². The monoisotopic (exact) mass is 474 g/mol. The van der Waals surface area contributed by atoms with Gasteiger partial charge < -0.3 is 29.5 Å². The Kier molecular flexibility index (Phi) is 5.86. The molecule has 2 N–H and O–H groups in total. The van der Waals surface area contributed by atoms with E-state index < -0.39 is 0 Å². The maximum Gasteiger partial charge on any atom is 0.259 e. The molecule has 4 aromatic rings. The van der Waals surface area contributed by atoms with Crippen LogP contribution in [0.25, 0.3) is 22.2 Å². The zero-order valence-electron chi connectivity index (χ0n) is 19.8. The average molecular weight is 475 g/mol. The van der Waals surface area contributed by atoms with Crippen LogP contribution in [-0.2, 0) is 0 Å². The Morgan fingerprint density at radius 2 is 1.69 bits per heavy atom. The standard InChI is InChI=1S/C25H26N6O4/c1-15-21(22(29-35-15)16-7-5-4-6-8-16)24(32)30-9-11-31(12-10-30)25-27-18-14-20(34-3)19(33-2)13-17(18)23(26)28-25/h4-8,13-14H,9-12H2,1-3H3,(H2,26,27,28). The summed E-state index contributed by atoms with van der Waals surface area (Å²) in [4.78, 5) is 26.5. The number of nitrogens with two attached hydrogens (primary N) is 1. The Balaban J connectivity index is 1.36. The zero-order valence-corrected chi connectivity index (χ0v) is 19.8. The minimum Gasteiger partial charge on any atom is -0.493 e. The molecule has 2 aromatic carbocycles. The minimum absolute atomic E-state index is 0.0990. The highest BCUT2D eigenvalue weighted by atomic mass is 16.5. The number of carbonyl (C=O) groups is 1. The van der Waals surface area contributed by atoms with Crippen molar-refractivity contribution in [1.29, 1.82) is 0 Å². The highest BCUT2D eigenvalue weighted by Gasteiger charge is 2.29. The van der Waals surface area contributed by atoms with Gasteiger partial charge in [0.05, 0.1) is 19.7 Å². The first-order chi connectivity index (χ1) is 17.0. The highest BCUT2D eigenvalue weighted by Crippen LogP contribution is 2.34. The molecule has 0 saturated carbocycles. The summed E-state index contributed by atoms with van der Waals surface area (Å²) in [5.74, 6) is 2.41. The number of hydrogen-bond acceptors (Lipinski definition) is 9. The normalized spacial score (nSPS) is 13.8. The summed E-state index contributed by atoms with van der Waals surface area (Å²) < 4.78 is 16.1. The lowest BCUT2D eigenvalue weighted by Crippen LogP contribution is -2.49. The van der Waals surface area contributed by atoms with Crippen molar-refractivity contribution in [2.24, 2.45) is 0 Å². The second kappa shape index (κ2) is 9.13. The Morgan fingerprint density at radius 1 is 1.00 bits per heavy atom. The molecule has 10 nitrogen and oxygen atoms in total. The Morgan fingerprint density at radius 3 is 2.37 bits per heavy atom. The number of aryl methyl sites for hydroxylation is 1. The van der Waals surface area contributed by atoms with E-state index in [0.29, 0.717) is 77.4 Å². The Labute approximate surface area is 202 Å².